The second-order valence-electron chi connectivity index (χ2n) is 6.34. The molecular weight excluding hydrogens is 487 g/mol. The molecule has 0 unspecified atom stereocenters. The summed E-state index contributed by atoms with van der Waals surface area (Å²) in [5, 5.41) is 6.72. The van der Waals surface area contributed by atoms with Crippen molar-refractivity contribution < 1.29 is 9.47 Å². The van der Waals surface area contributed by atoms with Crippen LogP contribution < -0.4 is 15.4 Å². The van der Waals surface area contributed by atoms with Crippen LogP contribution in [-0.4, -0.2) is 76.9 Å². The zero-order valence-corrected chi connectivity index (χ0v) is 20.8. The van der Waals surface area contributed by atoms with Gasteiger partial charge in [-0.2, -0.15) is 11.8 Å². The fraction of sp³-hybridized carbons (Fsp3) is 0.650. The average molecular weight is 525 g/mol. The Labute approximate surface area is 192 Å². The van der Waals surface area contributed by atoms with E-state index in [1.165, 1.54) is 17.7 Å². The lowest BCUT2D eigenvalue weighted by atomic mass is 10.2. The zero-order valence-electron chi connectivity index (χ0n) is 17.7. The summed E-state index contributed by atoms with van der Waals surface area (Å²) < 4.78 is 11.0. The summed E-state index contributed by atoms with van der Waals surface area (Å²) >= 11 is 1.89. The largest absolute Gasteiger partial charge is 0.492 e. The van der Waals surface area contributed by atoms with Gasteiger partial charge in [-0.25, -0.2) is 0 Å². The topological polar surface area (TPSA) is 58.1 Å². The highest BCUT2D eigenvalue weighted by molar-refractivity contribution is 14.0. The molecule has 1 aromatic carbocycles. The molecule has 0 fully saturated rings. The second kappa shape index (κ2) is 18.3. The van der Waals surface area contributed by atoms with E-state index in [4.69, 9.17) is 9.47 Å². The van der Waals surface area contributed by atoms with Crippen molar-refractivity contribution in [1.82, 2.24) is 15.5 Å². The van der Waals surface area contributed by atoms with Crippen molar-refractivity contribution >= 4 is 41.7 Å². The highest BCUT2D eigenvalue weighted by Crippen LogP contribution is 2.13. The maximum absolute atomic E-state index is 5.87. The van der Waals surface area contributed by atoms with E-state index in [1.807, 2.05) is 23.9 Å². The summed E-state index contributed by atoms with van der Waals surface area (Å²) in [5.41, 5.74) is 1.17. The normalized spacial score (nSPS) is 11.2. The molecular formula is C20H37IN4O2S. The number of nitrogens with one attached hydrogen (secondary N) is 2. The molecule has 0 radical (unpaired) electrons. The minimum atomic E-state index is 0. The third-order valence-corrected chi connectivity index (χ3v) is 4.77. The van der Waals surface area contributed by atoms with E-state index in [0.29, 0.717) is 6.61 Å². The first kappa shape index (κ1) is 27.3. The molecule has 0 atom stereocenters. The number of benzene rings is 1. The molecule has 0 aliphatic rings. The summed E-state index contributed by atoms with van der Waals surface area (Å²) in [6, 6.07) is 8.20. The first-order valence-corrected chi connectivity index (χ1v) is 10.9. The minimum Gasteiger partial charge on any atom is -0.492 e. The van der Waals surface area contributed by atoms with E-state index in [0.717, 1.165) is 50.9 Å². The van der Waals surface area contributed by atoms with Gasteiger partial charge in [0.1, 0.15) is 12.4 Å². The predicted molar refractivity (Wildman–Crippen MR) is 133 cm³/mol. The van der Waals surface area contributed by atoms with Crippen molar-refractivity contribution in [2.75, 3.05) is 66.1 Å². The van der Waals surface area contributed by atoms with Gasteiger partial charge < -0.3 is 25.0 Å². The third-order valence-electron chi connectivity index (χ3n) is 4.07. The molecule has 0 aliphatic carbocycles. The van der Waals surface area contributed by atoms with Gasteiger partial charge in [0.05, 0.1) is 6.61 Å². The zero-order chi connectivity index (χ0) is 19.7. The van der Waals surface area contributed by atoms with Crippen molar-refractivity contribution in [3.63, 3.8) is 0 Å². The first-order valence-electron chi connectivity index (χ1n) is 9.52. The summed E-state index contributed by atoms with van der Waals surface area (Å²) in [6.07, 6.45) is 4.53. The SMILES string of the molecule is CN=C(NCCCCSC)NCc1cccc(OCCN(C)CCOC)c1.I. The van der Waals surface area contributed by atoms with Gasteiger partial charge in [-0.05, 0) is 49.6 Å². The molecule has 0 saturated heterocycles. The van der Waals surface area contributed by atoms with Gasteiger partial charge in [0.15, 0.2) is 5.96 Å². The van der Waals surface area contributed by atoms with Crippen LogP contribution in [0.5, 0.6) is 5.75 Å². The van der Waals surface area contributed by atoms with Crippen LogP contribution in [0.1, 0.15) is 18.4 Å². The average Bonchev–Trinajstić information content (AvgIpc) is 2.69. The van der Waals surface area contributed by atoms with Gasteiger partial charge in [0.2, 0.25) is 0 Å². The molecule has 28 heavy (non-hydrogen) atoms. The van der Waals surface area contributed by atoms with Crippen LogP contribution in [0.15, 0.2) is 29.3 Å². The van der Waals surface area contributed by atoms with Gasteiger partial charge >= 0.3 is 0 Å². The highest BCUT2D eigenvalue weighted by Gasteiger charge is 2.02. The smallest absolute Gasteiger partial charge is 0.191 e. The Morgan fingerprint density at radius 3 is 2.68 bits per heavy atom. The quantitative estimate of drug-likeness (QED) is 0.169. The van der Waals surface area contributed by atoms with Crippen molar-refractivity contribution in [1.29, 1.82) is 0 Å². The van der Waals surface area contributed by atoms with Crippen LogP contribution in [0.2, 0.25) is 0 Å². The number of thioether (sulfide) groups is 1. The van der Waals surface area contributed by atoms with Crippen LogP contribution >= 0.6 is 35.7 Å². The molecule has 8 heteroatoms. The van der Waals surface area contributed by atoms with Gasteiger partial charge in [0.25, 0.3) is 0 Å². The Bertz CT molecular complexity index is 535. The van der Waals surface area contributed by atoms with E-state index in [-0.39, 0.29) is 24.0 Å². The number of hydrogen-bond acceptors (Lipinski definition) is 5. The van der Waals surface area contributed by atoms with Crippen LogP contribution in [-0.2, 0) is 11.3 Å². The Morgan fingerprint density at radius 1 is 1.18 bits per heavy atom. The van der Waals surface area contributed by atoms with Crippen LogP contribution in [0.25, 0.3) is 0 Å². The van der Waals surface area contributed by atoms with Crippen molar-refractivity contribution in [2.45, 2.75) is 19.4 Å². The van der Waals surface area contributed by atoms with E-state index >= 15 is 0 Å². The molecule has 1 rings (SSSR count). The lowest BCUT2D eigenvalue weighted by Gasteiger charge is -2.16. The molecule has 0 amide bonds. The van der Waals surface area contributed by atoms with Gasteiger partial charge in [-0.3, -0.25) is 4.99 Å². The Balaban J connectivity index is 0.00000729. The Morgan fingerprint density at radius 2 is 1.96 bits per heavy atom. The van der Waals surface area contributed by atoms with Gasteiger partial charge in [-0.1, -0.05) is 12.1 Å². The van der Waals surface area contributed by atoms with Crippen LogP contribution in [0.3, 0.4) is 0 Å². The standard InChI is InChI=1S/C20H36N4O2S.HI/c1-21-20(22-10-5-6-15-27-4)23-17-18-8-7-9-19(16-18)26-14-12-24(2)11-13-25-3;/h7-9,16H,5-6,10-15,17H2,1-4H3,(H2,21,22,23);1H. The molecule has 2 N–H and O–H groups in total. The van der Waals surface area contributed by atoms with Crippen LogP contribution in [0, 0.1) is 0 Å². The number of unbranched alkanes of at least 4 members (excludes halogenated alkanes) is 1. The van der Waals surface area contributed by atoms with E-state index in [9.17, 15) is 0 Å². The molecule has 0 saturated carbocycles. The molecule has 0 spiro atoms. The number of aliphatic imine (C=N–C) groups is 1. The lowest BCUT2D eigenvalue weighted by molar-refractivity contribution is 0.150. The van der Waals surface area contributed by atoms with Crippen molar-refractivity contribution in [3.05, 3.63) is 29.8 Å². The molecule has 0 heterocycles. The predicted octanol–water partition coefficient (Wildman–Crippen LogP) is 3.07. The number of hydrogen-bond donors (Lipinski definition) is 2. The number of methoxy groups -OCH3 is 1. The number of halogens is 1. The van der Waals surface area contributed by atoms with Crippen molar-refractivity contribution in [2.24, 2.45) is 4.99 Å². The molecule has 162 valence electrons. The summed E-state index contributed by atoms with van der Waals surface area (Å²) in [5.74, 6) is 2.95. The van der Waals surface area contributed by atoms with E-state index < -0.39 is 0 Å². The molecule has 6 nitrogen and oxygen atoms in total. The minimum absolute atomic E-state index is 0. The first-order chi connectivity index (χ1) is 13.2. The fourth-order valence-corrected chi connectivity index (χ4v) is 2.90. The van der Waals surface area contributed by atoms with Gasteiger partial charge in [0, 0.05) is 40.3 Å². The number of ether oxygens (including phenoxy) is 2. The number of rotatable bonds is 14. The number of nitrogens with zero attached hydrogens (tertiary/aromatic N) is 2. The Hall–Kier alpha value is -0.710. The lowest BCUT2D eigenvalue weighted by Crippen LogP contribution is -2.37. The fourth-order valence-electron chi connectivity index (χ4n) is 2.41. The summed E-state index contributed by atoms with van der Waals surface area (Å²) in [6.45, 7) is 4.85. The maximum Gasteiger partial charge on any atom is 0.191 e. The number of likely N-dealkylation sites (N-methyl/N-ethyl adjacent to an activating group) is 1. The Kier molecular flexibility index (Phi) is 17.9. The van der Waals surface area contributed by atoms with E-state index in [1.54, 1.807) is 14.2 Å². The molecule has 0 aliphatic heterocycles. The van der Waals surface area contributed by atoms with Gasteiger partial charge in [-0.15, -0.1) is 24.0 Å². The number of guanidine groups is 1. The third kappa shape index (κ3) is 13.5. The summed E-state index contributed by atoms with van der Waals surface area (Å²) in [4.78, 5) is 6.48. The molecule has 1 aromatic rings. The van der Waals surface area contributed by atoms with Crippen molar-refractivity contribution in [3.8, 4) is 5.75 Å². The monoisotopic (exact) mass is 524 g/mol. The summed E-state index contributed by atoms with van der Waals surface area (Å²) in [7, 11) is 5.60. The van der Waals surface area contributed by atoms with E-state index in [2.05, 4.69) is 46.0 Å². The highest BCUT2D eigenvalue weighted by atomic mass is 127. The van der Waals surface area contributed by atoms with Crippen LogP contribution in [0.4, 0.5) is 0 Å². The maximum atomic E-state index is 5.87. The molecule has 0 aromatic heterocycles. The second-order valence-corrected chi connectivity index (χ2v) is 7.33. The molecule has 0 bridgehead atoms.